The molecule has 0 aliphatic heterocycles. The number of aliphatic hydroxyl groups is 1. The van der Waals surface area contributed by atoms with E-state index in [1.807, 2.05) is 13.8 Å². The monoisotopic (exact) mass is 320 g/mol. The predicted molar refractivity (Wildman–Crippen MR) is 90.1 cm³/mol. The molecule has 1 fully saturated rings. The summed E-state index contributed by atoms with van der Waals surface area (Å²) in [6.07, 6.45) is 3.36. The molecule has 1 aliphatic carbocycles. The van der Waals surface area contributed by atoms with Crippen LogP contribution in [0.1, 0.15) is 50.4 Å². The van der Waals surface area contributed by atoms with Crippen LogP contribution in [0.5, 0.6) is 0 Å². The van der Waals surface area contributed by atoms with E-state index in [2.05, 4.69) is 28.5 Å². The summed E-state index contributed by atoms with van der Waals surface area (Å²) in [5, 5.41) is 31.9. The molecule has 0 spiro atoms. The Hall–Kier alpha value is -1.32. The maximum Gasteiger partial charge on any atom is 0.167 e. The largest absolute Gasteiger partial charge is 0.387 e. The summed E-state index contributed by atoms with van der Waals surface area (Å²) < 4.78 is 0. The Bertz CT molecular complexity index is 572. The first-order chi connectivity index (χ1) is 10.6. The van der Waals surface area contributed by atoms with Gasteiger partial charge >= 0.3 is 0 Å². The molecule has 0 amide bonds. The lowest BCUT2D eigenvalue weighted by Crippen LogP contribution is -2.54. The molecular weight excluding hydrogens is 296 g/mol. The first-order valence-electron chi connectivity index (χ1n) is 7.95. The summed E-state index contributed by atoms with van der Waals surface area (Å²) in [5.74, 6) is 1.50. The normalized spacial score (nSPS) is 23.7. The maximum atomic E-state index is 10.6. The van der Waals surface area contributed by atoms with Crippen molar-refractivity contribution in [1.82, 2.24) is 10.2 Å². The Labute approximate surface area is 136 Å². The van der Waals surface area contributed by atoms with E-state index in [1.165, 1.54) is 0 Å². The van der Waals surface area contributed by atoms with Crippen LogP contribution in [0, 0.1) is 11.3 Å². The molecule has 2 rings (SSSR count). The molecule has 120 valence electrons. The minimum absolute atomic E-state index is 0.268. The molecule has 1 aliphatic rings. The average molecular weight is 320 g/mol. The first-order valence-corrected chi connectivity index (χ1v) is 9.00. The molecule has 0 radical (unpaired) electrons. The Kier molecular flexibility index (Phi) is 5.65. The van der Waals surface area contributed by atoms with Crippen molar-refractivity contribution in [1.29, 1.82) is 5.26 Å². The van der Waals surface area contributed by atoms with Crippen molar-refractivity contribution in [2.24, 2.45) is 0 Å². The first kappa shape index (κ1) is 17.0. The zero-order valence-corrected chi connectivity index (χ0v) is 14.3. The fraction of sp³-hybridized carbons (Fsp3) is 0.688. The van der Waals surface area contributed by atoms with Crippen LogP contribution in [-0.4, -0.2) is 38.5 Å². The molecule has 2 N–H and O–H groups in total. The number of nitrogens with zero attached hydrogens (tertiary/aromatic N) is 3. The minimum Gasteiger partial charge on any atom is -0.387 e. The second-order valence-corrected chi connectivity index (χ2v) is 7.09. The lowest BCUT2D eigenvalue weighted by atomic mass is 9.79. The van der Waals surface area contributed by atoms with E-state index < -0.39 is 5.60 Å². The van der Waals surface area contributed by atoms with E-state index in [9.17, 15) is 10.4 Å². The molecule has 6 heteroatoms. The van der Waals surface area contributed by atoms with E-state index in [1.54, 1.807) is 11.8 Å². The molecule has 1 aromatic rings. The lowest BCUT2D eigenvalue weighted by Gasteiger charge is -2.45. The van der Waals surface area contributed by atoms with Crippen molar-refractivity contribution < 1.29 is 5.11 Å². The van der Waals surface area contributed by atoms with Crippen LogP contribution in [0.4, 0.5) is 5.82 Å². The summed E-state index contributed by atoms with van der Waals surface area (Å²) >= 11 is 1.79. The highest BCUT2D eigenvalue weighted by molar-refractivity contribution is 8.00. The van der Waals surface area contributed by atoms with Crippen molar-refractivity contribution in [3.05, 3.63) is 16.8 Å². The van der Waals surface area contributed by atoms with Crippen LogP contribution in [0.3, 0.4) is 0 Å². The Morgan fingerprint density at radius 1 is 1.36 bits per heavy atom. The van der Waals surface area contributed by atoms with Gasteiger partial charge in [0.25, 0.3) is 0 Å². The quantitative estimate of drug-likeness (QED) is 0.803. The minimum atomic E-state index is -0.703. The fourth-order valence-electron chi connectivity index (χ4n) is 2.89. The number of nitrogens with one attached hydrogen (secondary N) is 1. The number of hydrogen-bond donors (Lipinski definition) is 2. The molecule has 0 unspecified atom stereocenters. The number of aryl methyl sites for hydroxylation is 1. The van der Waals surface area contributed by atoms with Gasteiger partial charge in [-0.2, -0.15) is 22.1 Å². The molecule has 0 aromatic carbocycles. The Morgan fingerprint density at radius 3 is 2.64 bits per heavy atom. The van der Waals surface area contributed by atoms with Gasteiger partial charge in [0.2, 0.25) is 0 Å². The molecule has 1 saturated carbocycles. The topological polar surface area (TPSA) is 81.8 Å². The lowest BCUT2D eigenvalue weighted by molar-refractivity contribution is -0.0120. The Morgan fingerprint density at radius 2 is 2.14 bits per heavy atom. The second-order valence-electron chi connectivity index (χ2n) is 5.61. The van der Waals surface area contributed by atoms with E-state index in [0.29, 0.717) is 17.9 Å². The summed E-state index contributed by atoms with van der Waals surface area (Å²) in [6.45, 7) is 6.56. The standard InChI is InChI=1S/C16H24N4OS/c1-4-11-12(9-17)15(20-19-13(11)5-2)18-10-16(21)8-7-14(16)22-6-3/h14,21H,4-8,10H2,1-3H3,(H,18,20)/t14-,16+/m0/s1. The summed E-state index contributed by atoms with van der Waals surface area (Å²) in [5.41, 5.74) is 1.70. The van der Waals surface area contributed by atoms with Gasteiger partial charge in [-0.25, -0.2) is 0 Å². The van der Waals surface area contributed by atoms with Gasteiger partial charge in [0.05, 0.1) is 11.3 Å². The summed E-state index contributed by atoms with van der Waals surface area (Å²) in [6, 6.07) is 2.25. The summed E-state index contributed by atoms with van der Waals surface area (Å²) in [4.78, 5) is 0. The second kappa shape index (κ2) is 7.30. The SMILES string of the molecule is CCS[C@H]1CC[C@@]1(O)CNc1nnc(CC)c(CC)c1C#N. The highest BCUT2D eigenvalue weighted by atomic mass is 32.2. The van der Waals surface area contributed by atoms with Crippen LogP contribution in [0.15, 0.2) is 0 Å². The number of nitriles is 1. The number of hydrogen-bond acceptors (Lipinski definition) is 6. The molecular formula is C16H24N4OS. The zero-order chi connectivity index (χ0) is 16.2. The Balaban J connectivity index is 2.15. The van der Waals surface area contributed by atoms with Crippen LogP contribution < -0.4 is 5.32 Å². The predicted octanol–water partition coefficient (Wildman–Crippen LogP) is 2.53. The van der Waals surface area contributed by atoms with Crippen LogP contribution in [0.2, 0.25) is 0 Å². The van der Waals surface area contributed by atoms with Crippen molar-refractivity contribution in [3.8, 4) is 6.07 Å². The van der Waals surface area contributed by atoms with Gasteiger partial charge < -0.3 is 10.4 Å². The smallest absolute Gasteiger partial charge is 0.167 e. The third kappa shape index (κ3) is 3.21. The van der Waals surface area contributed by atoms with Crippen LogP contribution in [-0.2, 0) is 12.8 Å². The third-order valence-electron chi connectivity index (χ3n) is 4.33. The van der Waals surface area contributed by atoms with Crippen LogP contribution in [0.25, 0.3) is 0 Å². The molecule has 1 aromatic heterocycles. The van der Waals surface area contributed by atoms with Gasteiger partial charge in [-0.3, -0.25) is 0 Å². The van der Waals surface area contributed by atoms with E-state index in [0.717, 1.165) is 42.7 Å². The number of rotatable bonds is 7. The zero-order valence-electron chi connectivity index (χ0n) is 13.5. The van der Waals surface area contributed by atoms with Crippen molar-refractivity contribution in [3.63, 3.8) is 0 Å². The maximum absolute atomic E-state index is 10.6. The fourth-order valence-corrected chi connectivity index (χ4v) is 4.09. The van der Waals surface area contributed by atoms with Gasteiger partial charge in [-0.15, -0.1) is 5.10 Å². The summed E-state index contributed by atoms with van der Waals surface area (Å²) in [7, 11) is 0. The molecule has 5 nitrogen and oxygen atoms in total. The molecule has 1 heterocycles. The van der Waals surface area contributed by atoms with Gasteiger partial charge in [-0.1, -0.05) is 20.8 Å². The third-order valence-corrected chi connectivity index (χ3v) is 5.74. The van der Waals surface area contributed by atoms with Gasteiger partial charge in [0, 0.05) is 11.8 Å². The molecule has 22 heavy (non-hydrogen) atoms. The van der Waals surface area contributed by atoms with Crippen LogP contribution >= 0.6 is 11.8 Å². The number of thioether (sulfide) groups is 1. The molecule has 0 bridgehead atoms. The molecule has 2 atom stereocenters. The van der Waals surface area contributed by atoms with Crippen molar-refractivity contribution in [2.75, 3.05) is 17.6 Å². The highest BCUT2D eigenvalue weighted by Crippen LogP contribution is 2.41. The van der Waals surface area contributed by atoms with Gasteiger partial charge in [-0.05, 0) is 37.0 Å². The van der Waals surface area contributed by atoms with E-state index in [4.69, 9.17) is 0 Å². The van der Waals surface area contributed by atoms with E-state index in [-0.39, 0.29) is 5.25 Å². The van der Waals surface area contributed by atoms with Crippen molar-refractivity contribution in [2.45, 2.75) is 57.3 Å². The van der Waals surface area contributed by atoms with E-state index >= 15 is 0 Å². The number of anilines is 1. The number of aromatic nitrogens is 2. The van der Waals surface area contributed by atoms with Gasteiger partial charge in [0.15, 0.2) is 5.82 Å². The van der Waals surface area contributed by atoms with Crippen molar-refractivity contribution >= 4 is 17.6 Å². The highest BCUT2D eigenvalue weighted by Gasteiger charge is 2.45. The van der Waals surface area contributed by atoms with Gasteiger partial charge in [0.1, 0.15) is 11.6 Å². The molecule has 0 saturated heterocycles. The average Bonchev–Trinajstić information content (AvgIpc) is 2.55.